The van der Waals surface area contributed by atoms with Gasteiger partial charge in [0.2, 0.25) is 0 Å². The highest BCUT2D eigenvalue weighted by Gasteiger charge is 2.16. The van der Waals surface area contributed by atoms with Crippen molar-refractivity contribution >= 4 is 11.5 Å². The molecule has 0 saturated heterocycles. The van der Waals surface area contributed by atoms with Crippen molar-refractivity contribution in [1.82, 2.24) is 0 Å². The van der Waals surface area contributed by atoms with Crippen LogP contribution in [0.2, 0.25) is 0 Å². The minimum absolute atomic E-state index is 0.150. The molecular weight excluding hydrogens is 213 g/mol. The van der Waals surface area contributed by atoms with Gasteiger partial charge in [-0.1, -0.05) is 5.16 Å². The van der Waals surface area contributed by atoms with E-state index in [1.165, 1.54) is 19.1 Å². The number of oxime groups is 1. The zero-order valence-corrected chi connectivity index (χ0v) is 9.03. The molecule has 1 aromatic rings. The summed E-state index contributed by atoms with van der Waals surface area (Å²) in [4.78, 5) is 11.2. The Bertz CT molecular complexity index is 429. The molecule has 0 aliphatic carbocycles. The van der Waals surface area contributed by atoms with E-state index in [0.29, 0.717) is 12.4 Å². The van der Waals surface area contributed by atoms with Gasteiger partial charge in [0, 0.05) is 6.92 Å². The van der Waals surface area contributed by atoms with E-state index in [4.69, 9.17) is 9.94 Å². The largest absolute Gasteiger partial charge is 0.493 e. The number of ketones is 1. The van der Waals surface area contributed by atoms with Gasteiger partial charge in [-0.05, 0) is 25.1 Å². The standard InChI is InChI=1S/C11H12FNO3/c1-3-16-10-5-4-8(12)6-9(10)11(13-15)7(2)14/h4-6,15H,3H2,1-2H3. The number of rotatable bonds is 4. The number of carbonyl (C=O) groups is 1. The molecule has 0 amide bonds. The fourth-order valence-electron chi connectivity index (χ4n) is 1.28. The van der Waals surface area contributed by atoms with Gasteiger partial charge in [-0.15, -0.1) is 0 Å². The first-order chi connectivity index (χ1) is 7.60. The van der Waals surface area contributed by atoms with Gasteiger partial charge in [0.15, 0.2) is 11.5 Å². The third kappa shape index (κ3) is 2.56. The Kier molecular flexibility index (Phi) is 3.99. The Morgan fingerprint density at radius 2 is 2.25 bits per heavy atom. The van der Waals surface area contributed by atoms with Crippen LogP contribution in [0.3, 0.4) is 0 Å². The smallest absolute Gasteiger partial charge is 0.182 e. The van der Waals surface area contributed by atoms with Crippen molar-refractivity contribution in [2.75, 3.05) is 6.61 Å². The van der Waals surface area contributed by atoms with E-state index < -0.39 is 11.6 Å². The van der Waals surface area contributed by atoms with E-state index in [-0.39, 0.29) is 11.3 Å². The third-order valence-electron chi connectivity index (χ3n) is 1.93. The second kappa shape index (κ2) is 5.25. The van der Waals surface area contributed by atoms with Crippen molar-refractivity contribution in [3.05, 3.63) is 29.6 Å². The van der Waals surface area contributed by atoms with E-state index >= 15 is 0 Å². The van der Waals surface area contributed by atoms with Crippen LogP contribution < -0.4 is 4.74 Å². The summed E-state index contributed by atoms with van der Waals surface area (Å²) in [5.74, 6) is -0.679. The van der Waals surface area contributed by atoms with E-state index in [1.807, 2.05) is 0 Å². The lowest BCUT2D eigenvalue weighted by Gasteiger charge is -2.09. The molecule has 1 rings (SSSR count). The summed E-state index contributed by atoms with van der Waals surface area (Å²) in [5, 5.41) is 11.6. The van der Waals surface area contributed by atoms with Crippen molar-refractivity contribution in [3.63, 3.8) is 0 Å². The first-order valence-electron chi connectivity index (χ1n) is 4.75. The molecule has 0 aromatic heterocycles. The van der Waals surface area contributed by atoms with E-state index in [1.54, 1.807) is 6.92 Å². The number of ether oxygens (including phenoxy) is 1. The van der Waals surface area contributed by atoms with Crippen LogP contribution in [0.25, 0.3) is 0 Å². The number of hydrogen-bond acceptors (Lipinski definition) is 4. The summed E-state index contributed by atoms with van der Waals surface area (Å²) in [5.41, 5.74) is -0.0696. The molecule has 0 spiro atoms. The second-order valence-electron chi connectivity index (χ2n) is 3.08. The Morgan fingerprint density at radius 3 is 2.75 bits per heavy atom. The summed E-state index contributed by atoms with van der Waals surface area (Å²) >= 11 is 0. The van der Waals surface area contributed by atoms with Gasteiger partial charge in [0.1, 0.15) is 11.6 Å². The van der Waals surface area contributed by atoms with Crippen molar-refractivity contribution in [3.8, 4) is 5.75 Å². The molecular formula is C11H12FNO3. The van der Waals surface area contributed by atoms with Gasteiger partial charge in [-0.2, -0.15) is 0 Å². The van der Waals surface area contributed by atoms with Crippen LogP contribution in [-0.4, -0.2) is 23.3 Å². The predicted molar refractivity (Wildman–Crippen MR) is 56.6 cm³/mol. The maximum absolute atomic E-state index is 13.0. The molecule has 5 heteroatoms. The number of carbonyl (C=O) groups excluding carboxylic acids is 1. The van der Waals surface area contributed by atoms with Gasteiger partial charge in [-0.25, -0.2) is 4.39 Å². The summed E-state index contributed by atoms with van der Waals surface area (Å²) in [6.45, 7) is 3.36. The molecule has 0 bridgehead atoms. The fourth-order valence-corrected chi connectivity index (χ4v) is 1.28. The molecule has 0 unspecified atom stereocenters. The minimum Gasteiger partial charge on any atom is -0.493 e. The average Bonchev–Trinajstić information content (AvgIpc) is 2.22. The lowest BCUT2D eigenvalue weighted by atomic mass is 10.1. The summed E-state index contributed by atoms with van der Waals surface area (Å²) < 4.78 is 18.3. The van der Waals surface area contributed by atoms with Gasteiger partial charge in [0.25, 0.3) is 0 Å². The lowest BCUT2D eigenvalue weighted by Crippen LogP contribution is -2.14. The molecule has 1 aromatic carbocycles. The van der Waals surface area contributed by atoms with Crippen LogP contribution >= 0.6 is 0 Å². The first kappa shape index (κ1) is 12.2. The molecule has 0 saturated carbocycles. The Labute approximate surface area is 92.3 Å². The highest BCUT2D eigenvalue weighted by Crippen LogP contribution is 2.21. The summed E-state index contributed by atoms with van der Waals surface area (Å²) in [6, 6.07) is 3.70. The zero-order valence-electron chi connectivity index (χ0n) is 9.03. The van der Waals surface area contributed by atoms with Crippen molar-refractivity contribution in [1.29, 1.82) is 0 Å². The number of halogens is 1. The van der Waals surface area contributed by atoms with Gasteiger partial charge in [-0.3, -0.25) is 4.79 Å². The van der Waals surface area contributed by atoms with E-state index in [0.717, 1.165) is 6.07 Å². The van der Waals surface area contributed by atoms with Crippen LogP contribution in [0.4, 0.5) is 4.39 Å². The highest BCUT2D eigenvalue weighted by atomic mass is 19.1. The van der Waals surface area contributed by atoms with Crippen molar-refractivity contribution < 1.29 is 19.1 Å². The SMILES string of the molecule is CCOc1ccc(F)cc1C(=NO)C(C)=O. The average molecular weight is 225 g/mol. The second-order valence-corrected chi connectivity index (χ2v) is 3.08. The van der Waals surface area contributed by atoms with Crippen molar-refractivity contribution in [2.45, 2.75) is 13.8 Å². The molecule has 0 aliphatic rings. The quantitative estimate of drug-likeness (QED) is 0.484. The molecule has 4 nitrogen and oxygen atoms in total. The van der Waals surface area contributed by atoms with Crippen LogP contribution in [0.5, 0.6) is 5.75 Å². The maximum atomic E-state index is 13.0. The molecule has 0 atom stereocenters. The topological polar surface area (TPSA) is 58.9 Å². The lowest BCUT2D eigenvalue weighted by molar-refractivity contribution is -0.111. The predicted octanol–water partition coefficient (Wildman–Crippen LogP) is 1.99. The molecule has 0 heterocycles. The monoisotopic (exact) mass is 225 g/mol. The summed E-state index contributed by atoms with van der Waals surface area (Å²) in [6.07, 6.45) is 0. The minimum atomic E-state index is -0.527. The Hall–Kier alpha value is -1.91. The highest BCUT2D eigenvalue weighted by molar-refractivity contribution is 6.45. The molecule has 86 valence electrons. The van der Waals surface area contributed by atoms with Gasteiger partial charge >= 0.3 is 0 Å². The van der Waals surface area contributed by atoms with E-state index in [9.17, 15) is 9.18 Å². The number of benzene rings is 1. The van der Waals surface area contributed by atoms with Gasteiger partial charge < -0.3 is 9.94 Å². The van der Waals surface area contributed by atoms with Crippen LogP contribution in [0.1, 0.15) is 19.4 Å². The van der Waals surface area contributed by atoms with Crippen LogP contribution in [0.15, 0.2) is 23.4 Å². The van der Waals surface area contributed by atoms with Crippen LogP contribution in [0, 0.1) is 5.82 Å². The first-order valence-corrected chi connectivity index (χ1v) is 4.75. The van der Waals surface area contributed by atoms with Crippen LogP contribution in [-0.2, 0) is 4.79 Å². The summed E-state index contributed by atoms with van der Waals surface area (Å²) in [7, 11) is 0. The van der Waals surface area contributed by atoms with E-state index in [2.05, 4.69) is 5.16 Å². The molecule has 16 heavy (non-hydrogen) atoms. The van der Waals surface area contributed by atoms with Crippen molar-refractivity contribution in [2.24, 2.45) is 5.16 Å². The Balaban J connectivity index is 3.28. The number of nitrogens with zero attached hydrogens (tertiary/aromatic N) is 1. The molecule has 1 N–H and O–H groups in total. The number of hydrogen-bond donors (Lipinski definition) is 1. The number of Topliss-reactive ketones (excluding diaryl/α,β-unsaturated/α-hetero) is 1. The molecule has 0 fully saturated rings. The van der Waals surface area contributed by atoms with Gasteiger partial charge in [0.05, 0.1) is 12.2 Å². The Morgan fingerprint density at radius 1 is 1.56 bits per heavy atom. The fraction of sp³-hybridized carbons (Fsp3) is 0.273. The molecule has 0 radical (unpaired) electrons. The maximum Gasteiger partial charge on any atom is 0.182 e. The molecule has 0 aliphatic heterocycles. The zero-order chi connectivity index (χ0) is 12.1. The third-order valence-corrected chi connectivity index (χ3v) is 1.93. The normalized spacial score (nSPS) is 11.3.